The van der Waals surface area contributed by atoms with Crippen LogP contribution in [-0.2, 0) is 21.5 Å². The van der Waals surface area contributed by atoms with Gasteiger partial charge in [0, 0.05) is 23.9 Å². The Morgan fingerprint density at radius 2 is 1.64 bits per heavy atom. The fourth-order valence-corrected chi connectivity index (χ4v) is 5.63. The number of benzene rings is 3. The molecule has 1 aromatic heterocycles. The molecule has 2 heterocycles. The molecule has 1 saturated heterocycles. The second-order valence-electron chi connectivity index (χ2n) is 8.63. The minimum absolute atomic E-state index is 0.221. The predicted molar refractivity (Wildman–Crippen MR) is 156 cm³/mol. The van der Waals surface area contributed by atoms with Crippen molar-refractivity contribution in [2.45, 2.75) is 6.61 Å². The average Bonchev–Trinajstić information content (AvgIpc) is 3.47. The van der Waals surface area contributed by atoms with Crippen LogP contribution in [0.2, 0.25) is 0 Å². The van der Waals surface area contributed by atoms with Crippen molar-refractivity contribution in [1.29, 1.82) is 0 Å². The molecular weight excluding hydrogens is 555 g/mol. The van der Waals surface area contributed by atoms with Gasteiger partial charge >= 0.3 is 0 Å². The lowest BCUT2D eigenvalue weighted by molar-refractivity contribution is -0.121. The van der Waals surface area contributed by atoms with Gasteiger partial charge in [0.1, 0.15) is 16.7 Å². The molecule has 1 amide bonds. The number of ether oxygens (including phenoxy) is 1. The molecule has 8 nitrogen and oxygen atoms in total. The van der Waals surface area contributed by atoms with E-state index >= 15 is 0 Å². The van der Waals surface area contributed by atoms with Gasteiger partial charge in [-0.05, 0) is 48.0 Å². The summed E-state index contributed by atoms with van der Waals surface area (Å²) in [5.41, 5.74) is 4.08. The maximum Gasteiger partial charge on any atom is 0.266 e. The first kappa shape index (κ1) is 26.8. The van der Waals surface area contributed by atoms with Gasteiger partial charge in [-0.15, -0.1) is 0 Å². The maximum absolute atomic E-state index is 13.0. The summed E-state index contributed by atoms with van der Waals surface area (Å²) in [5, 5.41) is 4.80. The molecule has 0 radical (unpaired) electrons. The Morgan fingerprint density at radius 1 is 0.974 bits per heavy atom. The topological polar surface area (TPSA) is 102 Å². The summed E-state index contributed by atoms with van der Waals surface area (Å²) in [6, 6.07) is 27.1. The number of amides is 1. The maximum atomic E-state index is 13.0. The van der Waals surface area contributed by atoms with Crippen molar-refractivity contribution >= 4 is 50.4 Å². The van der Waals surface area contributed by atoms with Gasteiger partial charge in [-0.1, -0.05) is 72.5 Å². The highest BCUT2D eigenvalue weighted by molar-refractivity contribution is 8.26. The van der Waals surface area contributed by atoms with Crippen molar-refractivity contribution in [1.82, 2.24) is 14.7 Å². The van der Waals surface area contributed by atoms with E-state index in [0.29, 0.717) is 28.5 Å². The summed E-state index contributed by atoms with van der Waals surface area (Å²) < 4.78 is 39.3. The van der Waals surface area contributed by atoms with Gasteiger partial charge < -0.3 is 4.74 Å². The molecule has 3 aromatic carbocycles. The number of carbonyl (C=O) groups is 1. The van der Waals surface area contributed by atoms with E-state index in [1.807, 2.05) is 91.1 Å². The molecule has 0 bridgehead atoms. The highest BCUT2D eigenvalue weighted by atomic mass is 32.2. The van der Waals surface area contributed by atoms with E-state index in [9.17, 15) is 13.2 Å². The molecular formula is C28H23N3O5S3. The van der Waals surface area contributed by atoms with E-state index in [0.717, 1.165) is 28.6 Å². The fourth-order valence-electron chi connectivity index (χ4n) is 3.92. The van der Waals surface area contributed by atoms with Crippen molar-refractivity contribution in [3.05, 3.63) is 107 Å². The van der Waals surface area contributed by atoms with Gasteiger partial charge in [-0.25, -0.2) is 4.68 Å². The van der Waals surface area contributed by atoms with Gasteiger partial charge in [0.05, 0.1) is 22.0 Å². The summed E-state index contributed by atoms with van der Waals surface area (Å²) in [6.07, 6.45) is 3.53. The van der Waals surface area contributed by atoms with E-state index in [2.05, 4.69) is 0 Å². The lowest BCUT2D eigenvalue weighted by Gasteiger charge is -2.12. The van der Waals surface area contributed by atoms with E-state index in [-0.39, 0.29) is 10.9 Å². The quantitative estimate of drug-likeness (QED) is 0.164. The summed E-state index contributed by atoms with van der Waals surface area (Å²) in [7, 11) is -4.23. The third-order valence-electron chi connectivity index (χ3n) is 5.87. The summed E-state index contributed by atoms with van der Waals surface area (Å²) in [4.78, 5) is 14.5. The number of rotatable bonds is 9. The van der Waals surface area contributed by atoms with Crippen LogP contribution in [0.15, 0.2) is 96.0 Å². The fraction of sp³-hybridized carbons (Fsp3) is 0.107. The molecule has 1 aliphatic rings. The normalized spacial score (nSPS) is 14.8. The third kappa shape index (κ3) is 6.63. The van der Waals surface area contributed by atoms with E-state index in [1.165, 1.54) is 4.90 Å². The minimum Gasteiger partial charge on any atom is -0.489 e. The van der Waals surface area contributed by atoms with Crippen molar-refractivity contribution in [3.8, 4) is 22.7 Å². The molecule has 198 valence electrons. The van der Waals surface area contributed by atoms with Crippen molar-refractivity contribution in [2.75, 3.05) is 12.3 Å². The SMILES string of the molecule is O=C1/C(=C\c2cn(-c3ccccc3)nc2-c2ccc(OCc3ccccc3)cc2)SC(=S)N1CCS(=O)(=O)O. The Kier molecular flexibility index (Phi) is 7.94. The van der Waals surface area contributed by atoms with Crippen LogP contribution in [0.25, 0.3) is 23.0 Å². The van der Waals surface area contributed by atoms with Crippen molar-refractivity contribution in [3.63, 3.8) is 0 Å². The Morgan fingerprint density at radius 3 is 2.31 bits per heavy atom. The molecule has 1 N–H and O–H groups in total. The van der Waals surface area contributed by atoms with Crippen LogP contribution < -0.4 is 4.74 Å². The first-order valence-corrected chi connectivity index (χ1v) is 14.7. The molecule has 4 aromatic rings. The van der Waals surface area contributed by atoms with Crippen LogP contribution in [0, 0.1) is 0 Å². The number of hydrogen-bond acceptors (Lipinski definition) is 7. The Bertz CT molecular complexity index is 1630. The van der Waals surface area contributed by atoms with E-state index in [1.54, 1.807) is 10.8 Å². The average molecular weight is 578 g/mol. The molecule has 0 unspecified atom stereocenters. The minimum atomic E-state index is -4.23. The molecule has 5 rings (SSSR count). The predicted octanol–water partition coefficient (Wildman–Crippen LogP) is 5.21. The molecule has 0 aliphatic carbocycles. The molecule has 0 spiro atoms. The van der Waals surface area contributed by atoms with E-state index in [4.69, 9.17) is 26.6 Å². The lowest BCUT2D eigenvalue weighted by atomic mass is 10.1. The molecule has 39 heavy (non-hydrogen) atoms. The number of aromatic nitrogens is 2. The molecule has 1 aliphatic heterocycles. The van der Waals surface area contributed by atoms with Crippen LogP contribution in [0.4, 0.5) is 0 Å². The third-order valence-corrected chi connectivity index (χ3v) is 7.95. The highest BCUT2D eigenvalue weighted by Crippen LogP contribution is 2.35. The van der Waals surface area contributed by atoms with Crippen LogP contribution in [0.5, 0.6) is 5.75 Å². The monoisotopic (exact) mass is 577 g/mol. The van der Waals surface area contributed by atoms with Crippen molar-refractivity contribution in [2.24, 2.45) is 0 Å². The molecule has 11 heteroatoms. The molecule has 0 atom stereocenters. The number of carbonyl (C=O) groups excluding carboxylic acids is 1. The van der Waals surface area contributed by atoms with Gasteiger partial charge in [-0.3, -0.25) is 14.2 Å². The Labute approximate surface area is 235 Å². The zero-order chi connectivity index (χ0) is 27.4. The molecule has 1 fully saturated rings. The van der Waals surface area contributed by atoms with E-state index < -0.39 is 21.8 Å². The Hall–Kier alpha value is -3.77. The smallest absolute Gasteiger partial charge is 0.266 e. The summed E-state index contributed by atoms with van der Waals surface area (Å²) in [5.74, 6) is -0.300. The molecule has 0 saturated carbocycles. The number of nitrogens with zero attached hydrogens (tertiary/aromatic N) is 3. The number of thioether (sulfide) groups is 1. The van der Waals surface area contributed by atoms with Crippen molar-refractivity contribution < 1.29 is 22.5 Å². The van der Waals surface area contributed by atoms with Gasteiger partial charge in [-0.2, -0.15) is 13.5 Å². The second-order valence-corrected chi connectivity index (χ2v) is 11.9. The van der Waals surface area contributed by atoms with Gasteiger partial charge in [0.15, 0.2) is 0 Å². The number of para-hydroxylation sites is 1. The zero-order valence-electron chi connectivity index (χ0n) is 20.5. The first-order valence-electron chi connectivity index (χ1n) is 11.9. The zero-order valence-corrected chi connectivity index (χ0v) is 23.0. The summed E-state index contributed by atoms with van der Waals surface area (Å²) >= 11 is 6.38. The van der Waals surface area contributed by atoms with Crippen LogP contribution in [-0.4, -0.2) is 50.2 Å². The van der Waals surface area contributed by atoms with Crippen LogP contribution in [0.3, 0.4) is 0 Å². The largest absolute Gasteiger partial charge is 0.489 e. The van der Waals surface area contributed by atoms with Crippen LogP contribution >= 0.6 is 24.0 Å². The Balaban J connectivity index is 1.44. The lowest BCUT2D eigenvalue weighted by Crippen LogP contribution is -2.32. The second kappa shape index (κ2) is 11.5. The summed E-state index contributed by atoms with van der Waals surface area (Å²) in [6.45, 7) is 0.231. The van der Waals surface area contributed by atoms with Gasteiger partial charge in [0.25, 0.3) is 16.0 Å². The number of thiocarbonyl (C=S) groups is 1. The highest BCUT2D eigenvalue weighted by Gasteiger charge is 2.33. The first-order chi connectivity index (χ1) is 18.8. The standard InChI is InChI=1S/C28H23N3O5S3/c32-27-25(38-28(37)30(27)15-16-39(33,34)35)17-22-18-31(23-9-5-2-6-10-23)29-26(22)21-11-13-24(14-12-21)36-19-20-7-3-1-4-8-20/h1-14,17-18H,15-16,19H2,(H,33,34,35)/b25-17+. The number of hydrogen-bond donors (Lipinski definition) is 1. The van der Waals surface area contributed by atoms with Crippen LogP contribution in [0.1, 0.15) is 11.1 Å². The van der Waals surface area contributed by atoms with Gasteiger partial charge in [0.2, 0.25) is 0 Å².